The maximum atomic E-state index is 13.1. The average molecular weight is 450 g/mol. The van der Waals surface area contributed by atoms with Crippen LogP contribution < -0.4 is 4.74 Å². The highest BCUT2D eigenvalue weighted by molar-refractivity contribution is 5.90. The van der Waals surface area contributed by atoms with Gasteiger partial charge in [-0.15, -0.1) is 0 Å². The van der Waals surface area contributed by atoms with Crippen LogP contribution in [-0.2, 0) is 22.5 Å². The molecule has 1 atom stereocenters. The lowest BCUT2D eigenvalue weighted by Gasteiger charge is -2.30. The average Bonchev–Trinajstić information content (AvgIpc) is 3.19. The summed E-state index contributed by atoms with van der Waals surface area (Å²) in [5.74, 6) is -0.0679. The summed E-state index contributed by atoms with van der Waals surface area (Å²) < 4.78 is 12.8. The highest BCUT2D eigenvalue weighted by Crippen LogP contribution is 2.27. The lowest BCUT2D eigenvalue weighted by molar-refractivity contribution is -0.138. The Labute approximate surface area is 192 Å². The Morgan fingerprint density at radius 1 is 1.12 bits per heavy atom. The Morgan fingerprint density at radius 2 is 1.82 bits per heavy atom. The number of phenolic OH excluding ortho intramolecular Hbond substituents is 1. The van der Waals surface area contributed by atoms with Gasteiger partial charge in [0.25, 0.3) is 5.91 Å². The number of rotatable bonds is 6. The number of aryl methyl sites for hydroxylation is 1. The van der Waals surface area contributed by atoms with Crippen molar-refractivity contribution in [2.45, 2.75) is 39.8 Å². The first-order valence-electron chi connectivity index (χ1n) is 11.0. The number of aromatic hydroxyl groups is 1. The molecule has 0 bridgehead atoms. The van der Waals surface area contributed by atoms with Gasteiger partial charge in [0, 0.05) is 18.5 Å². The van der Waals surface area contributed by atoms with Crippen molar-refractivity contribution < 1.29 is 24.2 Å². The van der Waals surface area contributed by atoms with Crippen molar-refractivity contribution in [2.24, 2.45) is 0 Å². The summed E-state index contributed by atoms with van der Waals surface area (Å²) in [5, 5.41) is 14.0. The highest BCUT2D eigenvalue weighted by Gasteiger charge is 2.33. The molecule has 0 fully saturated rings. The fourth-order valence-corrected chi connectivity index (χ4v) is 3.91. The number of hydrogen-bond acceptors (Lipinski definition) is 6. The first-order chi connectivity index (χ1) is 15.9. The predicted octanol–water partition coefficient (Wildman–Crippen LogP) is 3.42. The third-order valence-electron chi connectivity index (χ3n) is 5.61. The Morgan fingerprint density at radius 3 is 2.48 bits per heavy atom. The Bertz CT molecular complexity index is 1150. The van der Waals surface area contributed by atoms with Gasteiger partial charge in [0.05, 0.1) is 24.5 Å². The molecule has 1 aliphatic rings. The quantitative estimate of drug-likeness (QED) is 0.580. The third kappa shape index (κ3) is 4.69. The van der Waals surface area contributed by atoms with E-state index >= 15 is 0 Å². The normalized spacial score (nSPS) is 13.8. The van der Waals surface area contributed by atoms with Crippen LogP contribution in [0.2, 0.25) is 0 Å². The number of benzene rings is 2. The molecule has 8 heteroatoms. The number of carbonyl (C=O) groups excluding carboxylic acids is 2. The molecule has 2 heterocycles. The van der Waals surface area contributed by atoms with E-state index in [1.54, 1.807) is 35.6 Å². The number of aromatic nitrogens is 2. The van der Waals surface area contributed by atoms with E-state index in [4.69, 9.17) is 9.47 Å². The molecular formula is C25H27N3O5. The molecule has 1 N–H and O–H groups in total. The molecule has 0 saturated carbocycles. The van der Waals surface area contributed by atoms with Gasteiger partial charge in [0.15, 0.2) is 11.8 Å². The number of esters is 1. The fourth-order valence-electron chi connectivity index (χ4n) is 3.91. The SMILES string of the molecule is CCOC(=O)c1nn(-c2ccc(C)cc2)c2c1CN(C(=O)C(C)Oc1ccc(O)cc1)CC2. The molecule has 0 aliphatic carbocycles. The van der Waals surface area contributed by atoms with Crippen molar-refractivity contribution in [2.75, 3.05) is 13.2 Å². The number of amides is 1. The second kappa shape index (κ2) is 9.36. The predicted molar refractivity (Wildman–Crippen MR) is 122 cm³/mol. The Kier molecular flexibility index (Phi) is 6.35. The summed E-state index contributed by atoms with van der Waals surface area (Å²) in [6.07, 6.45) is -0.179. The van der Waals surface area contributed by atoms with Crippen LogP contribution in [0.15, 0.2) is 48.5 Å². The second-order valence-corrected chi connectivity index (χ2v) is 8.01. The van der Waals surface area contributed by atoms with Crippen molar-refractivity contribution in [1.82, 2.24) is 14.7 Å². The van der Waals surface area contributed by atoms with Gasteiger partial charge in [0.1, 0.15) is 11.5 Å². The minimum absolute atomic E-state index is 0.127. The molecule has 1 aromatic heterocycles. The van der Waals surface area contributed by atoms with Gasteiger partial charge in [0.2, 0.25) is 0 Å². The molecule has 172 valence electrons. The summed E-state index contributed by atoms with van der Waals surface area (Å²) in [6.45, 7) is 6.42. The van der Waals surface area contributed by atoms with Gasteiger partial charge in [-0.3, -0.25) is 4.79 Å². The minimum Gasteiger partial charge on any atom is -0.508 e. The van der Waals surface area contributed by atoms with Crippen LogP contribution in [-0.4, -0.2) is 50.9 Å². The molecule has 33 heavy (non-hydrogen) atoms. The first-order valence-corrected chi connectivity index (χ1v) is 11.0. The summed E-state index contributed by atoms with van der Waals surface area (Å²) in [5.41, 5.74) is 3.82. The third-order valence-corrected chi connectivity index (χ3v) is 5.61. The van der Waals surface area contributed by atoms with E-state index in [1.807, 2.05) is 31.2 Å². The summed E-state index contributed by atoms with van der Waals surface area (Å²) in [4.78, 5) is 27.4. The van der Waals surface area contributed by atoms with Crippen LogP contribution in [0.5, 0.6) is 11.5 Å². The summed E-state index contributed by atoms with van der Waals surface area (Å²) in [6, 6.07) is 14.1. The van der Waals surface area contributed by atoms with Gasteiger partial charge >= 0.3 is 5.97 Å². The molecule has 1 unspecified atom stereocenters. The van der Waals surface area contributed by atoms with Crippen LogP contribution in [0.3, 0.4) is 0 Å². The van der Waals surface area contributed by atoms with E-state index in [0.29, 0.717) is 24.3 Å². The van der Waals surface area contributed by atoms with Crippen molar-refractivity contribution in [3.63, 3.8) is 0 Å². The smallest absolute Gasteiger partial charge is 0.359 e. The zero-order chi connectivity index (χ0) is 23.5. The number of fused-ring (bicyclic) bond motifs is 1. The number of ether oxygens (including phenoxy) is 2. The van der Waals surface area contributed by atoms with Gasteiger partial charge in [-0.1, -0.05) is 17.7 Å². The number of nitrogens with zero attached hydrogens (tertiary/aromatic N) is 3. The molecule has 1 amide bonds. The van der Waals surface area contributed by atoms with E-state index in [2.05, 4.69) is 5.10 Å². The highest BCUT2D eigenvalue weighted by atomic mass is 16.5. The van der Waals surface area contributed by atoms with Crippen LogP contribution in [0.4, 0.5) is 0 Å². The minimum atomic E-state index is -0.728. The molecule has 0 radical (unpaired) electrons. The van der Waals surface area contributed by atoms with Crippen molar-refractivity contribution >= 4 is 11.9 Å². The van der Waals surface area contributed by atoms with Gasteiger partial charge in [-0.25, -0.2) is 9.48 Å². The van der Waals surface area contributed by atoms with Gasteiger partial charge in [-0.05, 0) is 57.2 Å². The van der Waals surface area contributed by atoms with E-state index in [9.17, 15) is 14.7 Å². The second-order valence-electron chi connectivity index (χ2n) is 8.01. The Hall–Kier alpha value is -3.81. The summed E-state index contributed by atoms with van der Waals surface area (Å²) >= 11 is 0. The Balaban J connectivity index is 1.59. The maximum Gasteiger partial charge on any atom is 0.359 e. The summed E-state index contributed by atoms with van der Waals surface area (Å²) in [7, 11) is 0. The van der Waals surface area contributed by atoms with E-state index < -0.39 is 12.1 Å². The van der Waals surface area contributed by atoms with Crippen LogP contribution >= 0.6 is 0 Å². The van der Waals surface area contributed by atoms with Crippen LogP contribution in [0.1, 0.15) is 41.2 Å². The number of hydrogen-bond donors (Lipinski definition) is 1. The fraction of sp³-hybridized carbons (Fsp3) is 0.320. The lowest BCUT2D eigenvalue weighted by atomic mass is 10.0. The molecular weight excluding hydrogens is 422 g/mol. The lowest BCUT2D eigenvalue weighted by Crippen LogP contribution is -2.43. The monoisotopic (exact) mass is 449 g/mol. The van der Waals surface area contributed by atoms with Crippen molar-refractivity contribution in [3.8, 4) is 17.2 Å². The number of phenols is 1. The van der Waals surface area contributed by atoms with Crippen LogP contribution in [0.25, 0.3) is 5.69 Å². The first kappa shape index (κ1) is 22.4. The zero-order valence-electron chi connectivity index (χ0n) is 18.9. The molecule has 1 aliphatic heterocycles. The van der Waals surface area contributed by atoms with E-state index in [-0.39, 0.29) is 30.5 Å². The topological polar surface area (TPSA) is 93.9 Å². The van der Waals surface area contributed by atoms with Crippen molar-refractivity contribution in [3.05, 3.63) is 71.0 Å². The van der Waals surface area contributed by atoms with E-state index in [1.165, 1.54) is 12.1 Å². The largest absolute Gasteiger partial charge is 0.508 e. The standard InChI is InChI=1S/C25H27N3O5/c1-4-32-25(31)23-21-15-27(24(30)17(3)33-20-11-9-19(29)10-12-20)14-13-22(21)28(26-23)18-7-5-16(2)6-8-18/h5-12,17,29H,4,13-15H2,1-3H3. The molecule has 3 aromatic rings. The maximum absolute atomic E-state index is 13.1. The molecule has 0 saturated heterocycles. The molecule has 4 rings (SSSR count). The molecule has 0 spiro atoms. The van der Waals surface area contributed by atoms with Gasteiger partial charge in [-0.2, -0.15) is 5.10 Å². The number of carbonyl (C=O) groups is 2. The molecule has 8 nitrogen and oxygen atoms in total. The molecule has 2 aromatic carbocycles. The van der Waals surface area contributed by atoms with Gasteiger partial charge < -0.3 is 19.5 Å². The zero-order valence-corrected chi connectivity index (χ0v) is 18.9. The van der Waals surface area contributed by atoms with Crippen LogP contribution in [0, 0.1) is 6.92 Å². The van der Waals surface area contributed by atoms with Crippen molar-refractivity contribution in [1.29, 1.82) is 0 Å². The van der Waals surface area contributed by atoms with E-state index in [0.717, 1.165) is 16.9 Å².